The van der Waals surface area contributed by atoms with Gasteiger partial charge in [-0.15, -0.1) is 0 Å². The molecule has 1 heterocycles. The lowest BCUT2D eigenvalue weighted by Gasteiger charge is -2.19. The van der Waals surface area contributed by atoms with Gasteiger partial charge < -0.3 is 24.8 Å². The lowest BCUT2D eigenvalue weighted by molar-refractivity contribution is -0.143. The molecular formula is C18H21ClN2O6. The lowest BCUT2D eigenvalue weighted by Crippen LogP contribution is -2.41. The van der Waals surface area contributed by atoms with E-state index in [1.807, 2.05) is 13.8 Å². The Hall–Kier alpha value is -2.74. The highest BCUT2D eigenvalue weighted by Gasteiger charge is 2.16. The average molecular weight is 397 g/mol. The maximum atomic E-state index is 11.7. The van der Waals surface area contributed by atoms with E-state index in [0.717, 1.165) is 0 Å². The second-order valence-corrected chi connectivity index (χ2v) is 6.37. The summed E-state index contributed by atoms with van der Waals surface area (Å²) in [6.45, 7) is 3.80. The van der Waals surface area contributed by atoms with Crippen LogP contribution >= 0.6 is 11.6 Å². The van der Waals surface area contributed by atoms with Crippen LogP contribution in [0, 0.1) is 0 Å². The van der Waals surface area contributed by atoms with E-state index in [4.69, 9.17) is 25.8 Å². The third-order valence-electron chi connectivity index (χ3n) is 3.27. The molecule has 2 N–H and O–H groups in total. The quantitative estimate of drug-likeness (QED) is 0.532. The highest BCUT2D eigenvalue weighted by atomic mass is 35.5. The molecule has 1 aliphatic heterocycles. The summed E-state index contributed by atoms with van der Waals surface area (Å²) in [5.74, 6) is -0.623. The summed E-state index contributed by atoms with van der Waals surface area (Å²) in [4.78, 5) is 34.7. The van der Waals surface area contributed by atoms with Gasteiger partial charge in [0.2, 0.25) is 5.91 Å². The number of nitrogens with one attached hydrogen (secondary N) is 2. The fourth-order valence-corrected chi connectivity index (χ4v) is 2.45. The second-order valence-electron chi connectivity index (χ2n) is 5.97. The Bertz CT molecular complexity index is 748. The summed E-state index contributed by atoms with van der Waals surface area (Å²) in [7, 11) is 0. The van der Waals surface area contributed by atoms with Crippen molar-refractivity contribution in [3.8, 4) is 11.5 Å². The Morgan fingerprint density at radius 1 is 1.22 bits per heavy atom. The standard InChI is InChI=1S/C18H21ClN2O6/c1-11(2)21-15(22)9-20-16(23)10-27-17(24)4-3-12-7-13(19)18-14(8-12)25-5-6-26-18/h3-4,7-8,11H,5-6,9-10H2,1-2H3,(H,20,23)(H,21,22)/b4-3+. The Labute approximate surface area is 161 Å². The number of hydrogen-bond donors (Lipinski definition) is 2. The number of carbonyl (C=O) groups excluding carboxylic acids is 3. The molecule has 0 radical (unpaired) electrons. The van der Waals surface area contributed by atoms with E-state index in [1.54, 1.807) is 12.1 Å². The zero-order valence-corrected chi connectivity index (χ0v) is 15.8. The molecule has 2 rings (SSSR count). The predicted molar refractivity (Wildman–Crippen MR) is 98.7 cm³/mol. The van der Waals surface area contributed by atoms with Crippen molar-refractivity contribution in [2.75, 3.05) is 26.4 Å². The molecule has 0 bridgehead atoms. The van der Waals surface area contributed by atoms with Gasteiger partial charge in [0.15, 0.2) is 18.1 Å². The average Bonchev–Trinajstić information content (AvgIpc) is 2.62. The molecular weight excluding hydrogens is 376 g/mol. The van der Waals surface area contributed by atoms with Crippen molar-refractivity contribution in [2.45, 2.75) is 19.9 Å². The van der Waals surface area contributed by atoms with Crippen molar-refractivity contribution < 1.29 is 28.6 Å². The topological polar surface area (TPSA) is 103 Å². The van der Waals surface area contributed by atoms with Gasteiger partial charge in [-0.2, -0.15) is 0 Å². The molecule has 8 nitrogen and oxygen atoms in total. The molecule has 1 aromatic rings. The summed E-state index contributed by atoms with van der Waals surface area (Å²) >= 11 is 6.12. The number of hydrogen-bond acceptors (Lipinski definition) is 6. The zero-order valence-electron chi connectivity index (χ0n) is 15.0. The SMILES string of the molecule is CC(C)NC(=O)CNC(=O)COC(=O)/C=C/c1cc(Cl)c2c(c1)OCCO2. The molecule has 1 aromatic carbocycles. The van der Waals surface area contributed by atoms with Gasteiger partial charge in [-0.05, 0) is 37.6 Å². The highest BCUT2D eigenvalue weighted by Crippen LogP contribution is 2.38. The maximum Gasteiger partial charge on any atom is 0.331 e. The normalized spacial score (nSPS) is 12.7. The van der Waals surface area contributed by atoms with Crippen LogP contribution in [0.2, 0.25) is 5.02 Å². The van der Waals surface area contributed by atoms with Gasteiger partial charge >= 0.3 is 5.97 Å². The number of amides is 2. The van der Waals surface area contributed by atoms with E-state index in [2.05, 4.69) is 10.6 Å². The minimum Gasteiger partial charge on any atom is -0.486 e. The first-order chi connectivity index (χ1) is 12.8. The van der Waals surface area contributed by atoms with Crippen LogP contribution in [0.3, 0.4) is 0 Å². The van der Waals surface area contributed by atoms with Crippen molar-refractivity contribution >= 4 is 35.5 Å². The number of halogens is 1. The minimum absolute atomic E-state index is 0.0218. The summed E-state index contributed by atoms with van der Waals surface area (Å²) in [6.07, 6.45) is 2.65. The molecule has 0 aromatic heterocycles. The fourth-order valence-electron chi connectivity index (χ4n) is 2.18. The molecule has 0 spiro atoms. The summed E-state index contributed by atoms with van der Waals surface area (Å²) in [5.41, 5.74) is 0.621. The number of benzene rings is 1. The van der Waals surface area contributed by atoms with Crippen molar-refractivity contribution in [2.24, 2.45) is 0 Å². The van der Waals surface area contributed by atoms with Gasteiger partial charge in [0.1, 0.15) is 13.2 Å². The van der Waals surface area contributed by atoms with E-state index in [9.17, 15) is 14.4 Å². The molecule has 0 fully saturated rings. The predicted octanol–water partition coefficient (Wildman–Crippen LogP) is 1.31. The molecule has 1 aliphatic rings. The van der Waals surface area contributed by atoms with Crippen LogP contribution in [0.1, 0.15) is 19.4 Å². The van der Waals surface area contributed by atoms with Crippen LogP contribution in [-0.4, -0.2) is 50.2 Å². The molecule has 0 saturated carbocycles. The molecule has 0 atom stereocenters. The number of rotatable bonds is 7. The van der Waals surface area contributed by atoms with Gasteiger partial charge in [-0.3, -0.25) is 9.59 Å². The molecule has 0 unspecified atom stereocenters. The first kappa shape index (κ1) is 20.6. The Balaban J connectivity index is 1.79. The number of esters is 1. The second kappa shape index (κ2) is 9.82. The first-order valence-corrected chi connectivity index (χ1v) is 8.73. The smallest absolute Gasteiger partial charge is 0.331 e. The third-order valence-corrected chi connectivity index (χ3v) is 3.55. The third kappa shape index (κ3) is 6.82. The van der Waals surface area contributed by atoms with Crippen molar-refractivity contribution in [1.29, 1.82) is 0 Å². The van der Waals surface area contributed by atoms with Gasteiger partial charge in [0.05, 0.1) is 11.6 Å². The number of ether oxygens (including phenoxy) is 3. The Morgan fingerprint density at radius 2 is 1.96 bits per heavy atom. The van der Waals surface area contributed by atoms with Crippen molar-refractivity contribution in [1.82, 2.24) is 10.6 Å². The summed E-state index contributed by atoms with van der Waals surface area (Å²) in [5, 5.41) is 5.36. The zero-order chi connectivity index (χ0) is 19.8. The molecule has 0 aliphatic carbocycles. The molecule has 9 heteroatoms. The molecule has 0 saturated heterocycles. The van der Waals surface area contributed by atoms with E-state index in [1.165, 1.54) is 12.2 Å². The summed E-state index contributed by atoms with van der Waals surface area (Å²) in [6, 6.07) is 3.29. The van der Waals surface area contributed by atoms with E-state index >= 15 is 0 Å². The fraction of sp³-hybridized carbons (Fsp3) is 0.389. The summed E-state index contributed by atoms with van der Waals surface area (Å²) < 4.78 is 15.7. The molecule has 27 heavy (non-hydrogen) atoms. The van der Waals surface area contributed by atoms with Gasteiger partial charge in [-0.1, -0.05) is 11.6 Å². The van der Waals surface area contributed by atoms with Crippen LogP contribution in [0.4, 0.5) is 0 Å². The minimum atomic E-state index is -0.706. The van der Waals surface area contributed by atoms with Gasteiger partial charge in [0, 0.05) is 12.1 Å². The molecule has 2 amide bonds. The van der Waals surface area contributed by atoms with Crippen LogP contribution in [0.5, 0.6) is 11.5 Å². The largest absolute Gasteiger partial charge is 0.486 e. The lowest BCUT2D eigenvalue weighted by atomic mass is 10.2. The van der Waals surface area contributed by atoms with Crippen molar-refractivity contribution in [3.63, 3.8) is 0 Å². The number of fused-ring (bicyclic) bond motifs is 1. The van der Waals surface area contributed by atoms with Crippen molar-refractivity contribution in [3.05, 3.63) is 28.8 Å². The monoisotopic (exact) mass is 396 g/mol. The Kier molecular flexibility index (Phi) is 7.48. The van der Waals surface area contributed by atoms with Crippen LogP contribution in [0.15, 0.2) is 18.2 Å². The van der Waals surface area contributed by atoms with Crippen LogP contribution < -0.4 is 20.1 Å². The van der Waals surface area contributed by atoms with Gasteiger partial charge in [0.25, 0.3) is 5.91 Å². The van der Waals surface area contributed by atoms with E-state index in [-0.39, 0.29) is 18.5 Å². The van der Waals surface area contributed by atoms with E-state index < -0.39 is 18.5 Å². The highest BCUT2D eigenvalue weighted by molar-refractivity contribution is 6.32. The Morgan fingerprint density at radius 3 is 2.70 bits per heavy atom. The van der Waals surface area contributed by atoms with Gasteiger partial charge in [-0.25, -0.2) is 4.79 Å². The van der Waals surface area contributed by atoms with Crippen LogP contribution in [0.25, 0.3) is 6.08 Å². The van der Waals surface area contributed by atoms with Crippen LogP contribution in [-0.2, 0) is 19.1 Å². The first-order valence-electron chi connectivity index (χ1n) is 8.35. The molecule has 146 valence electrons. The van der Waals surface area contributed by atoms with E-state index in [0.29, 0.717) is 35.3 Å². The number of carbonyl (C=O) groups is 3. The maximum absolute atomic E-state index is 11.7.